The van der Waals surface area contributed by atoms with Crippen LogP contribution < -0.4 is 0 Å². The molecule has 1 aromatic rings. The van der Waals surface area contributed by atoms with E-state index < -0.39 is 5.97 Å². The van der Waals surface area contributed by atoms with Crippen molar-refractivity contribution in [1.82, 2.24) is 4.90 Å². The molecule has 3 rings (SSSR count). The van der Waals surface area contributed by atoms with Gasteiger partial charge in [0, 0.05) is 12.1 Å². The van der Waals surface area contributed by atoms with Gasteiger partial charge in [0.1, 0.15) is 12.2 Å². The van der Waals surface area contributed by atoms with Gasteiger partial charge in [0.05, 0.1) is 30.6 Å². The van der Waals surface area contributed by atoms with Gasteiger partial charge in [0.15, 0.2) is 0 Å². The van der Waals surface area contributed by atoms with E-state index in [9.17, 15) is 9.59 Å². The minimum Gasteiger partial charge on any atom is -0.481 e. The maximum absolute atomic E-state index is 12.8. The summed E-state index contributed by atoms with van der Waals surface area (Å²) in [6.45, 7) is 3.44. The fourth-order valence-corrected chi connectivity index (χ4v) is 3.55. The van der Waals surface area contributed by atoms with Crippen LogP contribution in [0.2, 0.25) is 0 Å². The number of carboxylic acid groups (broad SMARTS) is 1. The van der Waals surface area contributed by atoms with Gasteiger partial charge in [-0.2, -0.15) is 0 Å². The number of morpholine rings is 1. The summed E-state index contributed by atoms with van der Waals surface area (Å²) in [5.41, 5.74) is 0.893. The topological polar surface area (TPSA) is 80.0 Å². The Morgan fingerprint density at radius 2 is 2.09 bits per heavy atom. The third kappa shape index (κ3) is 2.75. The van der Waals surface area contributed by atoms with Gasteiger partial charge in [-0.15, -0.1) is 0 Å². The van der Waals surface area contributed by atoms with Crippen molar-refractivity contribution < 1.29 is 23.8 Å². The second kappa shape index (κ2) is 5.76. The minimum absolute atomic E-state index is 0.142. The Morgan fingerprint density at radius 1 is 1.36 bits per heavy atom. The van der Waals surface area contributed by atoms with Gasteiger partial charge in [0.2, 0.25) is 0 Å². The molecule has 6 heteroatoms. The third-order valence-electron chi connectivity index (χ3n) is 4.63. The highest BCUT2D eigenvalue weighted by molar-refractivity contribution is 5.97. The van der Waals surface area contributed by atoms with Crippen LogP contribution in [0, 0.1) is 6.92 Å². The van der Waals surface area contributed by atoms with E-state index in [1.54, 1.807) is 11.8 Å². The number of amides is 1. The van der Waals surface area contributed by atoms with Gasteiger partial charge in [-0.1, -0.05) is 12.8 Å². The van der Waals surface area contributed by atoms with E-state index in [-0.39, 0.29) is 23.7 Å². The predicted octanol–water partition coefficient (Wildman–Crippen LogP) is 2.00. The fourth-order valence-electron chi connectivity index (χ4n) is 3.55. The highest BCUT2D eigenvalue weighted by Crippen LogP contribution is 2.36. The molecule has 120 valence electrons. The zero-order valence-corrected chi connectivity index (χ0v) is 12.8. The quantitative estimate of drug-likeness (QED) is 0.924. The van der Waals surface area contributed by atoms with Crippen molar-refractivity contribution >= 4 is 11.9 Å². The Hall–Kier alpha value is -1.82. The zero-order chi connectivity index (χ0) is 15.7. The standard InChI is InChI=1S/C16H21NO5/c1-11-9-21-12(8-13(18)19)14(11)15(20)17-6-7-22-16(10-17)4-2-3-5-16/h9H,2-8,10H2,1H3,(H,18,19). The van der Waals surface area contributed by atoms with E-state index in [0.29, 0.717) is 30.8 Å². The van der Waals surface area contributed by atoms with Gasteiger partial charge in [0.25, 0.3) is 5.91 Å². The molecule has 2 heterocycles. The first-order valence-electron chi connectivity index (χ1n) is 7.73. The summed E-state index contributed by atoms with van der Waals surface area (Å²) in [6, 6.07) is 0. The molecular formula is C16H21NO5. The maximum atomic E-state index is 12.8. The molecule has 1 amide bonds. The molecule has 22 heavy (non-hydrogen) atoms. The van der Waals surface area contributed by atoms with Crippen molar-refractivity contribution in [3.63, 3.8) is 0 Å². The van der Waals surface area contributed by atoms with E-state index >= 15 is 0 Å². The van der Waals surface area contributed by atoms with Gasteiger partial charge in [-0.3, -0.25) is 9.59 Å². The van der Waals surface area contributed by atoms with Crippen LogP contribution in [0.25, 0.3) is 0 Å². The molecular weight excluding hydrogens is 286 g/mol. The normalized spacial score (nSPS) is 20.5. The highest BCUT2D eigenvalue weighted by Gasteiger charge is 2.41. The fraction of sp³-hybridized carbons (Fsp3) is 0.625. The number of hydrogen-bond donors (Lipinski definition) is 1. The SMILES string of the molecule is Cc1coc(CC(=O)O)c1C(=O)N1CCOC2(CCCC2)C1. The molecule has 1 aromatic heterocycles. The van der Waals surface area contributed by atoms with Crippen molar-refractivity contribution in [3.8, 4) is 0 Å². The molecule has 0 atom stereocenters. The van der Waals surface area contributed by atoms with Gasteiger partial charge < -0.3 is 19.2 Å². The van der Waals surface area contributed by atoms with Crippen LogP contribution in [-0.4, -0.2) is 47.2 Å². The first-order chi connectivity index (χ1) is 10.5. The first kappa shape index (κ1) is 15.1. The third-order valence-corrected chi connectivity index (χ3v) is 4.63. The van der Waals surface area contributed by atoms with E-state index in [1.165, 1.54) is 6.26 Å². The first-order valence-corrected chi connectivity index (χ1v) is 7.73. The summed E-state index contributed by atoms with van der Waals surface area (Å²) in [5.74, 6) is -0.906. The number of aryl methyl sites for hydroxylation is 1. The summed E-state index contributed by atoms with van der Waals surface area (Å²) in [5, 5.41) is 8.96. The maximum Gasteiger partial charge on any atom is 0.311 e. The van der Waals surface area contributed by atoms with Crippen LogP contribution in [0.5, 0.6) is 0 Å². The molecule has 1 saturated heterocycles. The number of hydrogen-bond acceptors (Lipinski definition) is 4. The smallest absolute Gasteiger partial charge is 0.311 e. The van der Waals surface area contributed by atoms with E-state index in [0.717, 1.165) is 25.7 Å². The number of carbonyl (C=O) groups is 2. The van der Waals surface area contributed by atoms with Crippen molar-refractivity contribution in [2.24, 2.45) is 0 Å². The molecule has 6 nitrogen and oxygen atoms in total. The molecule has 1 aliphatic heterocycles. The Labute approximate surface area is 129 Å². The second-order valence-electron chi connectivity index (χ2n) is 6.25. The lowest BCUT2D eigenvalue weighted by atomic mass is 9.98. The molecule has 1 saturated carbocycles. The molecule has 0 unspecified atom stereocenters. The monoisotopic (exact) mass is 307 g/mol. The van der Waals surface area contributed by atoms with Crippen molar-refractivity contribution in [2.45, 2.75) is 44.6 Å². The van der Waals surface area contributed by atoms with Crippen LogP contribution in [0.3, 0.4) is 0 Å². The highest BCUT2D eigenvalue weighted by atomic mass is 16.5. The number of carbonyl (C=O) groups excluding carboxylic acids is 1. The predicted molar refractivity (Wildman–Crippen MR) is 77.8 cm³/mol. The van der Waals surface area contributed by atoms with Crippen LogP contribution >= 0.6 is 0 Å². The van der Waals surface area contributed by atoms with Gasteiger partial charge >= 0.3 is 5.97 Å². The summed E-state index contributed by atoms with van der Waals surface area (Å²) in [4.78, 5) is 25.6. The number of furan rings is 1. The number of nitrogens with zero attached hydrogens (tertiary/aromatic N) is 1. The van der Waals surface area contributed by atoms with Crippen LogP contribution in [0.15, 0.2) is 10.7 Å². The largest absolute Gasteiger partial charge is 0.481 e. The molecule has 0 radical (unpaired) electrons. The van der Waals surface area contributed by atoms with Crippen molar-refractivity contribution in [3.05, 3.63) is 23.2 Å². The van der Waals surface area contributed by atoms with Crippen molar-refractivity contribution in [2.75, 3.05) is 19.7 Å². The Morgan fingerprint density at radius 3 is 2.77 bits per heavy atom. The van der Waals surface area contributed by atoms with Crippen LogP contribution in [0.4, 0.5) is 0 Å². The average Bonchev–Trinajstić information content (AvgIpc) is 3.05. The zero-order valence-electron chi connectivity index (χ0n) is 12.8. The van der Waals surface area contributed by atoms with E-state index in [2.05, 4.69) is 0 Å². The van der Waals surface area contributed by atoms with Crippen LogP contribution in [0.1, 0.15) is 47.4 Å². The Bertz CT molecular complexity index is 585. The average molecular weight is 307 g/mol. The summed E-state index contributed by atoms with van der Waals surface area (Å²) in [7, 11) is 0. The van der Waals surface area contributed by atoms with Crippen molar-refractivity contribution in [1.29, 1.82) is 0 Å². The van der Waals surface area contributed by atoms with E-state index in [4.69, 9.17) is 14.3 Å². The molecule has 1 N–H and O–H groups in total. The minimum atomic E-state index is -1.00. The number of aliphatic carboxylic acids is 1. The number of rotatable bonds is 3. The van der Waals surface area contributed by atoms with Gasteiger partial charge in [-0.25, -0.2) is 0 Å². The van der Waals surface area contributed by atoms with Gasteiger partial charge in [-0.05, 0) is 19.8 Å². The molecule has 1 aliphatic carbocycles. The van der Waals surface area contributed by atoms with E-state index in [1.807, 2.05) is 0 Å². The Kier molecular flexibility index (Phi) is 3.95. The molecule has 1 spiro atoms. The second-order valence-corrected chi connectivity index (χ2v) is 6.25. The lowest BCUT2D eigenvalue weighted by Crippen LogP contribution is -2.52. The molecule has 2 fully saturated rings. The molecule has 2 aliphatic rings. The lowest BCUT2D eigenvalue weighted by Gasteiger charge is -2.40. The molecule has 0 bridgehead atoms. The summed E-state index contributed by atoms with van der Waals surface area (Å²) < 4.78 is 11.2. The molecule has 0 aromatic carbocycles. The lowest BCUT2D eigenvalue weighted by molar-refractivity contribution is -0.136. The Balaban J connectivity index is 1.81. The van der Waals surface area contributed by atoms with Crippen LogP contribution in [-0.2, 0) is 16.0 Å². The summed E-state index contributed by atoms with van der Waals surface area (Å²) in [6.07, 6.45) is 5.43. The summed E-state index contributed by atoms with van der Waals surface area (Å²) >= 11 is 0. The number of ether oxygens (including phenoxy) is 1. The number of carboxylic acids is 1.